The monoisotopic (exact) mass is 256 g/mol. The van der Waals surface area contributed by atoms with E-state index in [4.69, 9.17) is 5.73 Å². The second-order valence-electron chi connectivity index (χ2n) is 5.76. The largest absolute Gasteiger partial charge is 0.320 e. The van der Waals surface area contributed by atoms with Gasteiger partial charge in [-0.15, -0.1) is 0 Å². The zero-order valence-electron chi connectivity index (χ0n) is 12.0. The molecule has 0 bridgehead atoms. The van der Waals surface area contributed by atoms with E-state index in [2.05, 4.69) is 54.9 Å². The van der Waals surface area contributed by atoms with Crippen molar-refractivity contribution in [2.75, 3.05) is 13.1 Å². The Hall–Kier alpha value is -1.30. The number of hydrogen-bond donors (Lipinski definition) is 1. The van der Waals surface area contributed by atoms with Gasteiger partial charge in [0.25, 0.3) is 0 Å². The lowest BCUT2D eigenvalue weighted by Crippen LogP contribution is -2.29. The zero-order chi connectivity index (χ0) is 13.7. The zero-order valence-corrected chi connectivity index (χ0v) is 12.0. The third-order valence-corrected chi connectivity index (χ3v) is 3.31. The summed E-state index contributed by atoms with van der Waals surface area (Å²) in [6, 6.07) is 9.34. The molecule has 0 unspecified atom stereocenters. The highest BCUT2D eigenvalue weighted by atomic mass is 15.2. The highest BCUT2D eigenvalue weighted by Crippen LogP contribution is 2.29. The molecule has 0 radical (unpaired) electrons. The van der Waals surface area contributed by atoms with Gasteiger partial charge in [0.15, 0.2) is 0 Å². The van der Waals surface area contributed by atoms with Crippen molar-refractivity contribution in [1.29, 1.82) is 0 Å². The first-order valence-electron chi connectivity index (χ1n) is 7.21. The molecule has 1 aromatic carbocycles. The van der Waals surface area contributed by atoms with Crippen LogP contribution in [0.5, 0.6) is 0 Å². The number of nitrogens with two attached hydrogens (primary N) is 1. The maximum absolute atomic E-state index is 5.42. The van der Waals surface area contributed by atoms with E-state index in [1.807, 2.05) is 0 Å². The Bertz CT molecular complexity index is 464. The van der Waals surface area contributed by atoms with Crippen LogP contribution in [0.1, 0.15) is 37.8 Å². The molecule has 0 spiro atoms. The minimum absolute atomic E-state index is 0.422. The van der Waals surface area contributed by atoms with Gasteiger partial charge in [-0.3, -0.25) is 4.90 Å². The molecule has 1 aliphatic carbocycles. The Morgan fingerprint density at radius 2 is 2.16 bits per heavy atom. The average molecular weight is 256 g/mol. The molecule has 0 amide bonds. The van der Waals surface area contributed by atoms with Crippen molar-refractivity contribution >= 4 is 0 Å². The lowest BCUT2D eigenvalue weighted by molar-refractivity contribution is 0.226. The first kappa shape index (κ1) is 14.1. The van der Waals surface area contributed by atoms with Gasteiger partial charge < -0.3 is 5.73 Å². The maximum atomic E-state index is 5.42. The van der Waals surface area contributed by atoms with Crippen LogP contribution in [0.3, 0.4) is 0 Å². The summed E-state index contributed by atoms with van der Waals surface area (Å²) in [5.74, 6) is 6.75. The van der Waals surface area contributed by atoms with Crippen molar-refractivity contribution in [3.05, 3.63) is 35.4 Å². The molecule has 2 nitrogen and oxygen atoms in total. The first-order chi connectivity index (χ1) is 9.19. The Morgan fingerprint density at radius 1 is 1.37 bits per heavy atom. The summed E-state index contributed by atoms with van der Waals surface area (Å²) in [7, 11) is 0. The molecule has 0 saturated heterocycles. The van der Waals surface area contributed by atoms with E-state index in [1.165, 1.54) is 24.9 Å². The minimum atomic E-state index is 0.422. The summed E-state index contributed by atoms with van der Waals surface area (Å²) < 4.78 is 0. The van der Waals surface area contributed by atoms with Crippen LogP contribution in [-0.4, -0.2) is 24.0 Å². The Morgan fingerprint density at radius 3 is 2.79 bits per heavy atom. The van der Waals surface area contributed by atoms with Crippen LogP contribution >= 0.6 is 0 Å². The second-order valence-corrected chi connectivity index (χ2v) is 5.76. The molecule has 2 N–H and O–H groups in total. The van der Waals surface area contributed by atoms with Gasteiger partial charge in [0, 0.05) is 24.7 Å². The number of nitrogens with zero attached hydrogens (tertiary/aromatic N) is 1. The maximum Gasteiger partial charge on any atom is 0.0555 e. The lowest BCUT2D eigenvalue weighted by atomic mass is 10.1. The van der Waals surface area contributed by atoms with Crippen molar-refractivity contribution in [2.24, 2.45) is 11.7 Å². The standard InChI is InChI=1S/C17H24N2/c1-14(2)12-19(17-8-9-17)13-16-6-3-5-15(11-16)7-4-10-18/h3,5-6,11,14,17H,8-10,12-13,18H2,1-2H3. The summed E-state index contributed by atoms with van der Waals surface area (Å²) >= 11 is 0. The Kier molecular flexibility index (Phi) is 5.01. The van der Waals surface area contributed by atoms with Gasteiger partial charge in [-0.25, -0.2) is 0 Å². The van der Waals surface area contributed by atoms with Crippen molar-refractivity contribution in [2.45, 2.75) is 39.3 Å². The van der Waals surface area contributed by atoms with Crippen molar-refractivity contribution < 1.29 is 0 Å². The molecule has 0 aromatic heterocycles. The molecule has 1 aromatic rings. The Balaban J connectivity index is 2.04. The van der Waals surface area contributed by atoms with Gasteiger partial charge in [-0.2, -0.15) is 0 Å². The fourth-order valence-electron chi connectivity index (χ4n) is 2.39. The van der Waals surface area contributed by atoms with Crippen LogP contribution in [0.4, 0.5) is 0 Å². The predicted octanol–water partition coefficient (Wildman–Crippen LogP) is 2.62. The number of hydrogen-bond acceptors (Lipinski definition) is 2. The van der Waals surface area contributed by atoms with Crippen LogP contribution < -0.4 is 5.73 Å². The van der Waals surface area contributed by atoms with Gasteiger partial charge >= 0.3 is 0 Å². The van der Waals surface area contributed by atoms with Gasteiger partial charge in [0.05, 0.1) is 6.54 Å². The molecule has 1 aliphatic rings. The van der Waals surface area contributed by atoms with Crippen LogP contribution in [-0.2, 0) is 6.54 Å². The van der Waals surface area contributed by atoms with Crippen molar-refractivity contribution in [3.63, 3.8) is 0 Å². The SMILES string of the molecule is CC(C)CN(Cc1cccc(C#CCN)c1)C1CC1. The molecular weight excluding hydrogens is 232 g/mol. The smallest absolute Gasteiger partial charge is 0.0555 e. The topological polar surface area (TPSA) is 29.3 Å². The van der Waals surface area contributed by atoms with E-state index in [1.54, 1.807) is 0 Å². The normalized spacial score (nSPS) is 14.6. The molecule has 19 heavy (non-hydrogen) atoms. The molecule has 1 fully saturated rings. The molecule has 0 aliphatic heterocycles. The third kappa shape index (κ3) is 4.70. The average Bonchev–Trinajstić information content (AvgIpc) is 3.20. The highest BCUT2D eigenvalue weighted by molar-refractivity contribution is 5.37. The third-order valence-electron chi connectivity index (χ3n) is 3.31. The van der Waals surface area contributed by atoms with E-state index >= 15 is 0 Å². The summed E-state index contributed by atoms with van der Waals surface area (Å²) in [5.41, 5.74) is 7.85. The lowest BCUT2D eigenvalue weighted by Gasteiger charge is -2.24. The fourth-order valence-corrected chi connectivity index (χ4v) is 2.39. The van der Waals surface area contributed by atoms with Crippen LogP contribution in [0, 0.1) is 17.8 Å². The van der Waals surface area contributed by atoms with Crippen LogP contribution in [0.2, 0.25) is 0 Å². The van der Waals surface area contributed by atoms with E-state index < -0.39 is 0 Å². The van der Waals surface area contributed by atoms with Gasteiger partial charge in [0.2, 0.25) is 0 Å². The quantitative estimate of drug-likeness (QED) is 0.821. The van der Waals surface area contributed by atoms with Crippen molar-refractivity contribution in [3.8, 4) is 11.8 Å². The second kappa shape index (κ2) is 6.75. The highest BCUT2D eigenvalue weighted by Gasteiger charge is 2.29. The molecule has 0 atom stereocenters. The minimum Gasteiger partial charge on any atom is -0.320 e. The van der Waals surface area contributed by atoms with E-state index in [-0.39, 0.29) is 0 Å². The van der Waals surface area contributed by atoms with E-state index in [0.717, 1.165) is 24.1 Å². The summed E-state index contributed by atoms with van der Waals surface area (Å²) in [4.78, 5) is 2.61. The van der Waals surface area contributed by atoms with Crippen molar-refractivity contribution in [1.82, 2.24) is 4.90 Å². The van der Waals surface area contributed by atoms with Crippen LogP contribution in [0.25, 0.3) is 0 Å². The first-order valence-corrected chi connectivity index (χ1v) is 7.21. The summed E-state index contributed by atoms with van der Waals surface area (Å²) in [5, 5.41) is 0. The Labute approximate surface area is 117 Å². The number of rotatable bonds is 5. The van der Waals surface area contributed by atoms with Crippen LogP contribution in [0.15, 0.2) is 24.3 Å². The van der Waals surface area contributed by atoms with Gasteiger partial charge in [-0.05, 0) is 36.5 Å². The molecule has 1 saturated carbocycles. The van der Waals surface area contributed by atoms with E-state index in [0.29, 0.717) is 6.54 Å². The molecule has 102 valence electrons. The molecule has 0 heterocycles. The summed E-state index contributed by atoms with van der Waals surface area (Å²) in [6.07, 6.45) is 2.72. The van der Waals surface area contributed by atoms with E-state index in [9.17, 15) is 0 Å². The molecular formula is C17H24N2. The summed E-state index contributed by atoms with van der Waals surface area (Å²) in [6.45, 7) is 7.23. The molecule has 2 rings (SSSR count). The van der Waals surface area contributed by atoms with Gasteiger partial charge in [0.1, 0.15) is 0 Å². The molecule has 2 heteroatoms. The van der Waals surface area contributed by atoms with Gasteiger partial charge in [-0.1, -0.05) is 37.8 Å². The number of benzene rings is 1. The predicted molar refractivity (Wildman–Crippen MR) is 80.6 cm³/mol. The fraction of sp³-hybridized carbons (Fsp3) is 0.529.